The highest BCUT2D eigenvalue weighted by Crippen LogP contribution is 2.37. The van der Waals surface area contributed by atoms with Gasteiger partial charge >= 0.3 is 5.97 Å². The van der Waals surface area contributed by atoms with E-state index in [1.807, 2.05) is 0 Å². The quantitative estimate of drug-likeness (QED) is 0.899. The molecule has 0 atom stereocenters. The van der Waals surface area contributed by atoms with Crippen LogP contribution in [0.2, 0.25) is 0 Å². The second-order valence-corrected chi connectivity index (χ2v) is 4.89. The fourth-order valence-electron chi connectivity index (χ4n) is 2.34. The van der Waals surface area contributed by atoms with Gasteiger partial charge in [0.2, 0.25) is 0 Å². The molecule has 0 saturated carbocycles. The van der Waals surface area contributed by atoms with Gasteiger partial charge in [0.05, 0.1) is 5.69 Å². The van der Waals surface area contributed by atoms with Gasteiger partial charge < -0.3 is 24.3 Å². The molecule has 1 aromatic heterocycles. The molecule has 0 unspecified atom stereocenters. The molecule has 2 N–H and O–H groups in total. The van der Waals surface area contributed by atoms with Gasteiger partial charge in [0, 0.05) is 12.5 Å². The van der Waals surface area contributed by atoms with Crippen molar-refractivity contribution in [1.29, 1.82) is 0 Å². The lowest BCUT2D eigenvalue weighted by molar-refractivity contribution is 0.0694. The van der Waals surface area contributed by atoms with Crippen molar-refractivity contribution in [2.75, 3.05) is 18.5 Å². The third-order valence-corrected chi connectivity index (χ3v) is 3.40. The molecule has 0 saturated heterocycles. The van der Waals surface area contributed by atoms with Crippen LogP contribution < -0.4 is 14.8 Å². The molecule has 0 bridgehead atoms. The molecule has 7 heteroatoms. The van der Waals surface area contributed by atoms with Crippen LogP contribution in [-0.2, 0) is 6.42 Å². The number of amides is 1. The molecule has 3 rings (SSSR count). The van der Waals surface area contributed by atoms with Crippen molar-refractivity contribution in [2.24, 2.45) is 0 Å². The lowest BCUT2D eigenvalue weighted by Crippen LogP contribution is -2.18. The van der Waals surface area contributed by atoms with Gasteiger partial charge in [-0.1, -0.05) is 13.0 Å². The van der Waals surface area contributed by atoms with Gasteiger partial charge in [-0.25, -0.2) is 4.79 Å². The molecule has 1 aromatic carbocycles. The Balaban J connectivity index is 1.87. The number of aryl methyl sites for hydroxylation is 1. The zero-order valence-corrected chi connectivity index (χ0v) is 12.4. The smallest absolute Gasteiger partial charge is 0.339 e. The lowest BCUT2D eigenvalue weighted by Gasteiger charge is -2.20. The van der Waals surface area contributed by atoms with Crippen LogP contribution in [0, 0.1) is 0 Å². The number of benzene rings is 1. The van der Waals surface area contributed by atoms with Crippen LogP contribution >= 0.6 is 0 Å². The third kappa shape index (κ3) is 2.85. The summed E-state index contributed by atoms with van der Waals surface area (Å²) in [5.41, 5.74) is 0.436. The summed E-state index contributed by atoms with van der Waals surface area (Å²) in [5.74, 6) is -0.471. The Morgan fingerprint density at radius 2 is 2.04 bits per heavy atom. The molecule has 1 aliphatic heterocycles. The number of hydrogen-bond acceptors (Lipinski definition) is 5. The normalized spacial score (nSPS) is 12.7. The minimum atomic E-state index is -1.13. The summed E-state index contributed by atoms with van der Waals surface area (Å²) < 4.78 is 16.3. The van der Waals surface area contributed by atoms with E-state index >= 15 is 0 Å². The lowest BCUT2D eigenvalue weighted by atomic mass is 10.2. The number of aromatic carboxylic acids is 1. The number of carbonyl (C=O) groups excluding carboxylic acids is 1. The number of hydrogen-bond donors (Lipinski definition) is 2. The van der Waals surface area contributed by atoms with Gasteiger partial charge in [-0.15, -0.1) is 0 Å². The van der Waals surface area contributed by atoms with Crippen molar-refractivity contribution in [3.8, 4) is 11.5 Å². The number of para-hydroxylation sites is 1. The van der Waals surface area contributed by atoms with E-state index in [4.69, 9.17) is 19.0 Å². The summed E-state index contributed by atoms with van der Waals surface area (Å²) in [6.07, 6.45) is 0.382. The predicted octanol–water partition coefficient (Wildman–Crippen LogP) is 2.56. The van der Waals surface area contributed by atoms with Crippen LogP contribution in [0.15, 0.2) is 28.7 Å². The maximum atomic E-state index is 12.3. The van der Waals surface area contributed by atoms with E-state index < -0.39 is 11.9 Å². The van der Waals surface area contributed by atoms with E-state index in [9.17, 15) is 9.59 Å². The van der Waals surface area contributed by atoms with E-state index in [-0.39, 0.29) is 17.1 Å². The number of fused-ring (bicyclic) bond motifs is 1. The minimum Gasteiger partial charge on any atom is -0.486 e. The highest BCUT2D eigenvalue weighted by molar-refractivity contribution is 6.05. The summed E-state index contributed by atoms with van der Waals surface area (Å²) in [7, 11) is 0. The number of ether oxygens (including phenoxy) is 2. The second-order valence-electron chi connectivity index (χ2n) is 4.89. The molecule has 7 nitrogen and oxygen atoms in total. The molecule has 0 radical (unpaired) electrons. The number of carboxylic acid groups (broad SMARTS) is 1. The molecule has 2 heterocycles. The van der Waals surface area contributed by atoms with E-state index in [2.05, 4.69) is 5.32 Å². The van der Waals surface area contributed by atoms with Gasteiger partial charge in [-0.2, -0.15) is 0 Å². The summed E-state index contributed by atoms with van der Waals surface area (Å²) in [6, 6.07) is 6.37. The van der Waals surface area contributed by atoms with Crippen molar-refractivity contribution in [1.82, 2.24) is 0 Å². The average molecular weight is 317 g/mol. The van der Waals surface area contributed by atoms with Crippen molar-refractivity contribution in [2.45, 2.75) is 13.3 Å². The second kappa shape index (κ2) is 6.04. The largest absolute Gasteiger partial charge is 0.486 e. The monoisotopic (exact) mass is 317 g/mol. The average Bonchev–Trinajstić information content (AvgIpc) is 3.00. The van der Waals surface area contributed by atoms with Crippen LogP contribution in [0.4, 0.5) is 5.69 Å². The Labute approximate surface area is 131 Å². The summed E-state index contributed by atoms with van der Waals surface area (Å²) in [6.45, 7) is 2.60. The number of carbonyl (C=O) groups is 2. The summed E-state index contributed by atoms with van der Waals surface area (Å²) >= 11 is 0. The van der Waals surface area contributed by atoms with Crippen LogP contribution in [0.1, 0.15) is 33.6 Å². The van der Waals surface area contributed by atoms with Crippen LogP contribution in [-0.4, -0.2) is 30.2 Å². The first-order valence-corrected chi connectivity index (χ1v) is 7.16. The van der Waals surface area contributed by atoms with Gasteiger partial charge in [-0.05, 0) is 12.1 Å². The van der Waals surface area contributed by atoms with Gasteiger partial charge in [0.15, 0.2) is 17.3 Å². The van der Waals surface area contributed by atoms with Crippen molar-refractivity contribution < 1.29 is 28.6 Å². The van der Waals surface area contributed by atoms with Crippen molar-refractivity contribution in [3.63, 3.8) is 0 Å². The van der Waals surface area contributed by atoms with Crippen LogP contribution in [0.5, 0.6) is 11.5 Å². The molecule has 0 fully saturated rings. The zero-order chi connectivity index (χ0) is 16.4. The fourth-order valence-corrected chi connectivity index (χ4v) is 2.34. The van der Waals surface area contributed by atoms with Gasteiger partial charge in [-0.3, -0.25) is 4.79 Å². The first-order chi connectivity index (χ1) is 11.1. The number of nitrogens with one attached hydrogen (secondary N) is 1. The Bertz CT molecular complexity index is 764. The Hall–Kier alpha value is -2.96. The van der Waals surface area contributed by atoms with Crippen molar-refractivity contribution >= 4 is 17.6 Å². The fraction of sp³-hybridized carbons (Fsp3) is 0.250. The zero-order valence-electron chi connectivity index (χ0n) is 12.4. The maximum absolute atomic E-state index is 12.3. The Morgan fingerprint density at radius 3 is 2.74 bits per heavy atom. The minimum absolute atomic E-state index is 0.00711. The molecule has 0 spiro atoms. The molecule has 23 heavy (non-hydrogen) atoms. The molecular weight excluding hydrogens is 302 g/mol. The topological polar surface area (TPSA) is 98.0 Å². The van der Waals surface area contributed by atoms with E-state index in [1.54, 1.807) is 25.1 Å². The summed E-state index contributed by atoms with van der Waals surface area (Å²) in [5, 5.41) is 11.8. The molecule has 1 amide bonds. The van der Waals surface area contributed by atoms with Crippen LogP contribution in [0.3, 0.4) is 0 Å². The van der Waals surface area contributed by atoms with Crippen LogP contribution in [0.25, 0.3) is 0 Å². The SMILES string of the molecule is CCc1oc(C(=O)Nc2cccc3c2OCCO3)cc1C(=O)O. The van der Waals surface area contributed by atoms with Gasteiger partial charge in [0.25, 0.3) is 5.91 Å². The predicted molar refractivity (Wildman–Crippen MR) is 80.4 cm³/mol. The maximum Gasteiger partial charge on any atom is 0.339 e. The number of rotatable bonds is 4. The number of carboxylic acids is 1. The molecule has 0 aliphatic carbocycles. The molecular formula is C16H15NO6. The first-order valence-electron chi connectivity index (χ1n) is 7.16. The molecule has 120 valence electrons. The first kappa shape index (κ1) is 15.0. The molecule has 2 aromatic rings. The highest BCUT2D eigenvalue weighted by Gasteiger charge is 2.22. The number of anilines is 1. The third-order valence-electron chi connectivity index (χ3n) is 3.40. The van der Waals surface area contributed by atoms with E-state index in [0.29, 0.717) is 36.8 Å². The summed E-state index contributed by atoms with van der Waals surface area (Å²) in [4.78, 5) is 23.4. The number of furan rings is 1. The highest BCUT2D eigenvalue weighted by atomic mass is 16.6. The van der Waals surface area contributed by atoms with E-state index in [1.165, 1.54) is 6.07 Å². The molecule has 1 aliphatic rings. The standard InChI is InChI=1S/C16H15NO6/c1-2-11-9(16(19)20)8-13(23-11)15(18)17-10-4-3-5-12-14(10)22-7-6-21-12/h3-5,8H,2,6-7H2,1H3,(H,17,18)(H,19,20). The Morgan fingerprint density at radius 1 is 1.26 bits per heavy atom. The van der Waals surface area contributed by atoms with Gasteiger partial charge in [0.1, 0.15) is 24.5 Å². The van der Waals surface area contributed by atoms with Crippen molar-refractivity contribution in [3.05, 3.63) is 41.3 Å². The van der Waals surface area contributed by atoms with E-state index in [0.717, 1.165) is 0 Å². The Kier molecular flexibility index (Phi) is 3.92.